The average molecular weight is 159 g/mol. The minimum absolute atomic E-state index is 0.303. The van der Waals surface area contributed by atoms with E-state index in [1.165, 1.54) is 5.06 Å². The molecule has 0 aromatic rings. The normalized spacial score (nSPS) is 36.0. The van der Waals surface area contributed by atoms with Gasteiger partial charge in [-0.2, -0.15) is 5.06 Å². The molecule has 1 aliphatic rings. The SMILES string of the molecule is CC1(C)C[C@@H](O)C(C)(C)N1O. The highest BCUT2D eigenvalue weighted by Gasteiger charge is 2.50. The first-order chi connectivity index (χ1) is 4.78. The van der Waals surface area contributed by atoms with Gasteiger partial charge in [-0.1, -0.05) is 0 Å². The average Bonchev–Trinajstić information content (AvgIpc) is 1.94. The van der Waals surface area contributed by atoms with Gasteiger partial charge in [-0.25, -0.2) is 0 Å². The molecule has 3 nitrogen and oxygen atoms in total. The van der Waals surface area contributed by atoms with E-state index in [0.717, 1.165) is 0 Å². The van der Waals surface area contributed by atoms with Crippen molar-refractivity contribution in [2.24, 2.45) is 0 Å². The molecule has 2 N–H and O–H groups in total. The van der Waals surface area contributed by atoms with Crippen molar-refractivity contribution in [1.82, 2.24) is 5.06 Å². The number of hydroxylamine groups is 2. The number of aliphatic hydroxyl groups excluding tert-OH is 1. The summed E-state index contributed by atoms with van der Waals surface area (Å²) < 4.78 is 0. The Labute approximate surface area is 67.6 Å². The summed E-state index contributed by atoms with van der Waals surface area (Å²) in [7, 11) is 0. The third-order valence-electron chi connectivity index (χ3n) is 2.63. The van der Waals surface area contributed by atoms with Crippen LogP contribution in [-0.4, -0.2) is 32.6 Å². The lowest BCUT2D eigenvalue weighted by Crippen LogP contribution is -2.48. The first-order valence-electron chi connectivity index (χ1n) is 3.96. The zero-order valence-corrected chi connectivity index (χ0v) is 7.63. The number of hydrogen-bond donors (Lipinski definition) is 2. The van der Waals surface area contributed by atoms with Crippen molar-refractivity contribution in [1.29, 1.82) is 0 Å². The van der Waals surface area contributed by atoms with Crippen LogP contribution in [0.3, 0.4) is 0 Å². The summed E-state index contributed by atoms with van der Waals surface area (Å²) in [4.78, 5) is 0. The number of rotatable bonds is 0. The molecular formula is C8H17NO2. The molecule has 0 aliphatic carbocycles. The molecule has 11 heavy (non-hydrogen) atoms. The van der Waals surface area contributed by atoms with Crippen molar-refractivity contribution < 1.29 is 10.3 Å². The smallest absolute Gasteiger partial charge is 0.0759 e. The van der Waals surface area contributed by atoms with Gasteiger partial charge in [0.05, 0.1) is 11.6 Å². The minimum Gasteiger partial charge on any atom is -0.391 e. The van der Waals surface area contributed by atoms with Gasteiger partial charge in [0.15, 0.2) is 0 Å². The van der Waals surface area contributed by atoms with Crippen LogP contribution in [0.2, 0.25) is 0 Å². The van der Waals surface area contributed by atoms with Crippen LogP contribution >= 0.6 is 0 Å². The van der Waals surface area contributed by atoms with Gasteiger partial charge in [-0.15, -0.1) is 0 Å². The second kappa shape index (κ2) is 2.19. The fraction of sp³-hybridized carbons (Fsp3) is 1.00. The third kappa shape index (κ3) is 1.17. The summed E-state index contributed by atoms with van der Waals surface area (Å²) in [5.74, 6) is 0. The van der Waals surface area contributed by atoms with E-state index in [0.29, 0.717) is 6.42 Å². The first-order valence-corrected chi connectivity index (χ1v) is 3.96. The van der Waals surface area contributed by atoms with E-state index in [1.54, 1.807) is 0 Å². The van der Waals surface area contributed by atoms with Crippen molar-refractivity contribution >= 4 is 0 Å². The molecule has 0 unspecified atom stereocenters. The topological polar surface area (TPSA) is 43.7 Å². The maximum atomic E-state index is 9.63. The van der Waals surface area contributed by atoms with Gasteiger partial charge < -0.3 is 10.3 Å². The predicted octanol–water partition coefficient (Wildman–Crippen LogP) is 0.999. The van der Waals surface area contributed by atoms with E-state index in [-0.39, 0.29) is 5.54 Å². The van der Waals surface area contributed by atoms with Gasteiger partial charge in [0.1, 0.15) is 0 Å². The lowest BCUT2D eigenvalue weighted by atomic mass is 9.98. The summed E-state index contributed by atoms with van der Waals surface area (Å²) in [5, 5.41) is 20.4. The molecule has 66 valence electrons. The minimum atomic E-state index is -0.510. The molecular weight excluding hydrogens is 142 g/mol. The summed E-state index contributed by atoms with van der Waals surface area (Å²) in [6, 6.07) is 0. The quantitative estimate of drug-likeness (QED) is 0.554. The molecule has 0 bridgehead atoms. The molecule has 3 heteroatoms. The maximum Gasteiger partial charge on any atom is 0.0759 e. The number of aliphatic hydroxyl groups is 1. The lowest BCUT2D eigenvalue weighted by Gasteiger charge is -2.34. The predicted molar refractivity (Wildman–Crippen MR) is 42.4 cm³/mol. The fourth-order valence-corrected chi connectivity index (χ4v) is 1.73. The molecule has 1 fully saturated rings. The van der Waals surface area contributed by atoms with Crippen molar-refractivity contribution in [3.8, 4) is 0 Å². The van der Waals surface area contributed by atoms with Gasteiger partial charge in [0, 0.05) is 5.54 Å². The van der Waals surface area contributed by atoms with Crippen molar-refractivity contribution in [3.05, 3.63) is 0 Å². The van der Waals surface area contributed by atoms with E-state index in [4.69, 9.17) is 0 Å². The molecule has 0 saturated carbocycles. The van der Waals surface area contributed by atoms with Crippen LogP contribution in [0.5, 0.6) is 0 Å². The molecule has 0 amide bonds. The van der Waals surface area contributed by atoms with Crippen LogP contribution in [-0.2, 0) is 0 Å². The Morgan fingerprint density at radius 2 is 1.73 bits per heavy atom. The zero-order valence-electron chi connectivity index (χ0n) is 7.63. The summed E-state index contributed by atoms with van der Waals surface area (Å²) in [5.41, 5.74) is -0.813. The molecule has 0 radical (unpaired) electrons. The Bertz CT molecular complexity index is 165. The van der Waals surface area contributed by atoms with Crippen molar-refractivity contribution in [2.75, 3.05) is 0 Å². The highest BCUT2D eigenvalue weighted by Crippen LogP contribution is 2.38. The van der Waals surface area contributed by atoms with Crippen LogP contribution in [0, 0.1) is 0 Å². The molecule has 0 spiro atoms. The molecule has 1 heterocycles. The van der Waals surface area contributed by atoms with Crippen LogP contribution in [0.25, 0.3) is 0 Å². The number of hydrogen-bond acceptors (Lipinski definition) is 3. The largest absolute Gasteiger partial charge is 0.391 e. The summed E-state index contributed by atoms with van der Waals surface area (Å²) >= 11 is 0. The van der Waals surface area contributed by atoms with E-state index in [2.05, 4.69) is 0 Å². The molecule has 1 rings (SSSR count). The molecule has 0 aromatic carbocycles. The van der Waals surface area contributed by atoms with Crippen LogP contribution in [0.1, 0.15) is 34.1 Å². The van der Waals surface area contributed by atoms with Crippen LogP contribution in [0.15, 0.2) is 0 Å². The van der Waals surface area contributed by atoms with Crippen LogP contribution < -0.4 is 0 Å². The standard InChI is InChI=1S/C8H17NO2/c1-7(2)5-6(10)8(3,4)9(7)11/h6,10-11H,5H2,1-4H3/t6-/m1/s1. The Morgan fingerprint density at radius 1 is 1.27 bits per heavy atom. The number of nitrogens with zero attached hydrogens (tertiary/aromatic N) is 1. The third-order valence-corrected chi connectivity index (χ3v) is 2.63. The van der Waals surface area contributed by atoms with Crippen molar-refractivity contribution in [2.45, 2.75) is 51.3 Å². The fourth-order valence-electron chi connectivity index (χ4n) is 1.73. The van der Waals surface area contributed by atoms with Gasteiger partial charge in [0.25, 0.3) is 0 Å². The summed E-state index contributed by atoms with van der Waals surface area (Å²) in [6.07, 6.45) is 0.179. The Balaban J connectivity index is 2.89. The highest BCUT2D eigenvalue weighted by molar-refractivity contribution is 5.01. The Hall–Kier alpha value is -0.120. The van der Waals surface area contributed by atoms with Gasteiger partial charge >= 0.3 is 0 Å². The monoisotopic (exact) mass is 159 g/mol. The molecule has 0 aromatic heterocycles. The zero-order chi connectivity index (χ0) is 8.86. The summed E-state index contributed by atoms with van der Waals surface area (Å²) in [6.45, 7) is 7.52. The van der Waals surface area contributed by atoms with E-state index in [1.807, 2.05) is 27.7 Å². The first kappa shape index (κ1) is 8.97. The second-order valence-electron chi connectivity index (χ2n) is 4.50. The van der Waals surface area contributed by atoms with Crippen LogP contribution in [0.4, 0.5) is 0 Å². The second-order valence-corrected chi connectivity index (χ2v) is 4.50. The van der Waals surface area contributed by atoms with E-state index in [9.17, 15) is 10.3 Å². The van der Waals surface area contributed by atoms with Gasteiger partial charge in [0.2, 0.25) is 0 Å². The van der Waals surface area contributed by atoms with Gasteiger partial charge in [-0.3, -0.25) is 0 Å². The highest BCUT2D eigenvalue weighted by atomic mass is 16.5. The molecule has 1 atom stereocenters. The van der Waals surface area contributed by atoms with E-state index >= 15 is 0 Å². The Kier molecular flexibility index (Phi) is 1.78. The van der Waals surface area contributed by atoms with E-state index < -0.39 is 11.6 Å². The lowest BCUT2D eigenvalue weighted by molar-refractivity contribution is -0.201. The van der Waals surface area contributed by atoms with Gasteiger partial charge in [-0.05, 0) is 34.1 Å². The Morgan fingerprint density at radius 3 is 1.82 bits per heavy atom. The molecule has 1 saturated heterocycles. The molecule has 1 aliphatic heterocycles. The van der Waals surface area contributed by atoms with Crippen molar-refractivity contribution in [3.63, 3.8) is 0 Å². The maximum absolute atomic E-state index is 9.63.